The molecule has 0 spiro atoms. The molecule has 0 bridgehead atoms. The fraction of sp³-hybridized carbons (Fsp3) is 0.200. The van der Waals surface area contributed by atoms with E-state index >= 15 is 0 Å². The molecule has 0 saturated heterocycles. The van der Waals surface area contributed by atoms with Gasteiger partial charge in [-0.15, -0.1) is 12.3 Å². The van der Waals surface area contributed by atoms with Gasteiger partial charge in [0.25, 0.3) is 5.91 Å². The number of terminal acetylenes is 1. The molecule has 1 atom stereocenters. The maximum absolute atomic E-state index is 12.6. The second-order valence-corrected chi connectivity index (χ2v) is 7.79. The molecule has 3 aromatic rings. The summed E-state index contributed by atoms with van der Waals surface area (Å²) in [7, 11) is 1.57. The molecule has 1 heterocycles. The third-order valence-electron chi connectivity index (χ3n) is 5.56. The maximum atomic E-state index is 12.6. The Morgan fingerprint density at radius 1 is 1.15 bits per heavy atom. The largest absolute Gasteiger partial charge is 0.480 e. The van der Waals surface area contributed by atoms with Crippen molar-refractivity contribution in [3.05, 3.63) is 71.4 Å². The molecule has 2 aromatic carbocycles. The number of hydrogen-bond acceptors (Lipinski definition) is 5. The van der Waals surface area contributed by atoms with Crippen molar-refractivity contribution in [1.29, 1.82) is 0 Å². The summed E-state index contributed by atoms with van der Waals surface area (Å²) in [5, 5.41) is 18.1. The summed E-state index contributed by atoms with van der Waals surface area (Å²) >= 11 is 0. The number of fused-ring (bicyclic) bond motifs is 3. The van der Waals surface area contributed by atoms with E-state index in [1.54, 1.807) is 7.05 Å². The average Bonchev–Trinajstić information content (AvgIpc) is 3.34. The van der Waals surface area contributed by atoms with E-state index in [1.165, 1.54) is 10.9 Å². The Hall–Kier alpha value is -4.58. The number of carboxylic acid groups (broad SMARTS) is 1. The van der Waals surface area contributed by atoms with Crippen molar-refractivity contribution in [2.24, 2.45) is 7.05 Å². The number of amides is 2. The molecule has 0 aliphatic heterocycles. The fourth-order valence-electron chi connectivity index (χ4n) is 4.03. The Balaban J connectivity index is 1.45. The van der Waals surface area contributed by atoms with Crippen LogP contribution in [0.4, 0.5) is 10.6 Å². The van der Waals surface area contributed by atoms with Crippen molar-refractivity contribution in [3.63, 3.8) is 0 Å². The first-order chi connectivity index (χ1) is 16.4. The number of aromatic nitrogens is 2. The van der Waals surface area contributed by atoms with E-state index in [0.717, 1.165) is 22.3 Å². The molecule has 34 heavy (non-hydrogen) atoms. The molecule has 2 amide bonds. The topological polar surface area (TPSA) is 123 Å². The van der Waals surface area contributed by atoms with Gasteiger partial charge in [-0.2, -0.15) is 5.10 Å². The normalized spacial score (nSPS) is 12.7. The minimum Gasteiger partial charge on any atom is -0.480 e. The molecule has 4 rings (SSSR count). The van der Waals surface area contributed by atoms with Crippen LogP contribution >= 0.6 is 0 Å². The second-order valence-electron chi connectivity index (χ2n) is 7.79. The summed E-state index contributed by atoms with van der Waals surface area (Å²) in [5.41, 5.74) is 4.34. The van der Waals surface area contributed by atoms with Gasteiger partial charge in [-0.3, -0.25) is 14.8 Å². The van der Waals surface area contributed by atoms with Gasteiger partial charge in [0.1, 0.15) is 18.2 Å². The number of hydrogen-bond donors (Lipinski definition) is 3. The molecule has 0 fully saturated rings. The number of ether oxygens (including phenoxy) is 1. The monoisotopic (exact) mass is 458 g/mol. The molecular weight excluding hydrogens is 436 g/mol. The highest BCUT2D eigenvalue weighted by molar-refractivity contribution is 6.02. The quantitative estimate of drug-likeness (QED) is 0.468. The van der Waals surface area contributed by atoms with Gasteiger partial charge in [0.2, 0.25) is 0 Å². The van der Waals surface area contributed by atoms with Crippen LogP contribution in [0.25, 0.3) is 11.1 Å². The van der Waals surface area contributed by atoms with Crippen molar-refractivity contribution in [1.82, 2.24) is 15.1 Å². The minimum absolute atomic E-state index is 0.0146. The smallest absolute Gasteiger partial charge is 0.412 e. The van der Waals surface area contributed by atoms with Crippen molar-refractivity contribution in [2.45, 2.75) is 18.4 Å². The van der Waals surface area contributed by atoms with E-state index in [4.69, 9.17) is 11.2 Å². The van der Waals surface area contributed by atoms with Crippen LogP contribution < -0.4 is 10.6 Å². The van der Waals surface area contributed by atoms with Gasteiger partial charge in [-0.1, -0.05) is 48.5 Å². The molecule has 172 valence electrons. The Bertz CT molecular complexity index is 1260. The third kappa shape index (κ3) is 4.47. The van der Waals surface area contributed by atoms with Gasteiger partial charge in [0.15, 0.2) is 5.82 Å². The highest BCUT2D eigenvalue weighted by Gasteiger charge is 2.29. The summed E-state index contributed by atoms with van der Waals surface area (Å²) < 4.78 is 6.82. The minimum atomic E-state index is -1.26. The number of carboxylic acids is 1. The highest BCUT2D eigenvalue weighted by atomic mass is 16.5. The second kappa shape index (κ2) is 9.50. The van der Waals surface area contributed by atoms with Gasteiger partial charge in [-0.05, 0) is 22.3 Å². The number of carbonyl (C=O) groups excluding carboxylic acids is 2. The summed E-state index contributed by atoms with van der Waals surface area (Å²) in [6, 6.07) is 14.7. The van der Waals surface area contributed by atoms with Crippen LogP contribution in [0.5, 0.6) is 0 Å². The fourth-order valence-corrected chi connectivity index (χ4v) is 4.03. The lowest BCUT2D eigenvalue weighted by Crippen LogP contribution is -2.40. The zero-order valence-corrected chi connectivity index (χ0v) is 18.3. The van der Waals surface area contributed by atoms with Crippen LogP contribution in [0.2, 0.25) is 0 Å². The number of nitrogens with zero attached hydrogens (tertiary/aromatic N) is 2. The van der Waals surface area contributed by atoms with Crippen LogP contribution in [0.3, 0.4) is 0 Å². The molecule has 1 unspecified atom stereocenters. The Kier molecular flexibility index (Phi) is 6.32. The van der Waals surface area contributed by atoms with Gasteiger partial charge >= 0.3 is 12.1 Å². The number of aliphatic carboxylic acids is 1. The molecule has 9 nitrogen and oxygen atoms in total. The molecule has 1 aliphatic carbocycles. The third-order valence-corrected chi connectivity index (χ3v) is 5.56. The number of benzene rings is 2. The maximum Gasteiger partial charge on any atom is 0.412 e. The predicted octanol–water partition coefficient (Wildman–Crippen LogP) is 2.99. The molecular formula is C25H22N4O5. The zero-order valence-electron chi connectivity index (χ0n) is 18.3. The van der Waals surface area contributed by atoms with E-state index in [-0.39, 0.29) is 30.3 Å². The zero-order chi connectivity index (χ0) is 24.2. The van der Waals surface area contributed by atoms with Crippen LogP contribution in [-0.4, -0.2) is 45.5 Å². The summed E-state index contributed by atoms with van der Waals surface area (Å²) in [5.74, 6) is 0.0407. The molecule has 9 heteroatoms. The number of anilines is 1. The van der Waals surface area contributed by atoms with Gasteiger partial charge < -0.3 is 15.2 Å². The molecule has 1 aliphatic rings. The first-order valence-corrected chi connectivity index (χ1v) is 10.5. The van der Waals surface area contributed by atoms with Gasteiger partial charge in [0.05, 0.1) is 0 Å². The van der Waals surface area contributed by atoms with Crippen LogP contribution in [0.15, 0.2) is 54.7 Å². The lowest BCUT2D eigenvalue weighted by molar-refractivity contribution is -0.139. The Morgan fingerprint density at radius 3 is 2.35 bits per heavy atom. The van der Waals surface area contributed by atoms with E-state index in [9.17, 15) is 19.5 Å². The van der Waals surface area contributed by atoms with Crippen molar-refractivity contribution >= 4 is 23.8 Å². The van der Waals surface area contributed by atoms with Crippen LogP contribution in [-0.2, 0) is 16.6 Å². The SMILES string of the molecule is C#CCC(NC(=O)c1cn(C)nc1NC(=O)OCC1c2ccccc2-c2ccccc21)C(=O)O. The van der Waals surface area contributed by atoms with E-state index < -0.39 is 24.0 Å². The number of nitrogens with one attached hydrogen (secondary N) is 2. The van der Waals surface area contributed by atoms with Crippen molar-refractivity contribution in [3.8, 4) is 23.5 Å². The lowest BCUT2D eigenvalue weighted by Gasteiger charge is -2.15. The Morgan fingerprint density at radius 2 is 1.76 bits per heavy atom. The number of carbonyl (C=O) groups is 3. The summed E-state index contributed by atoms with van der Waals surface area (Å²) in [6.07, 6.45) is 5.57. The van der Waals surface area contributed by atoms with Crippen molar-refractivity contribution < 1.29 is 24.2 Å². The standard InChI is InChI=1S/C25H22N4O5/c1-3-8-21(24(31)32)26-23(30)19-13-29(2)28-22(19)27-25(33)34-14-20-17-11-6-4-9-15(17)16-10-5-7-12-18(16)20/h1,4-7,9-13,20-21H,8,14H2,2H3,(H,26,30)(H,31,32)(H,27,28,33). The van der Waals surface area contributed by atoms with Crippen molar-refractivity contribution in [2.75, 3.05) is 11.9 Å². The molecule has 3 N–H and O–H groups in total. The van der Waals surface area contributed by atoms with Crippen LogP contribution in [0.1, 0.15) is 33.8 Å². The predicted molar refractivity (Wildman–Crippen MR) is 124 cm³/mol. The summed E-state index contributed by atoms with van der Waals surface area (Å²) in [4.78, 5) is 36.5. The molecule has 0 saturated carbocycles. The number of rotatable bonds is 7. The van der Waals surface area contributed by atoms with E-state index in [2.05, 4.69) is 21.7 Å². The van der Waals surface area contributed by atoms with Gasteiger partial charge in [0, 0.05) is 25.6 Å². The number of aryl methyl sites for hydroxylation is 1. The van der Waals surface area contributed by atoms with E-state index in [0.29, 0.717) is 0 Å². The Labute approximate surface area is 195 Å². The van der Waals surface area contributed by atoms with E-state index in [1.807, 2.05) is 48.5 Å². The highest BCUT2D eigenvalue weighted by Crippen LogP contribution is 2.44. The molecule has 1 aromatic heterocycles. The molecule has 0 radical (unpaired) electrons. The first kappa shape index (κ1) is 22.6. The lowest BCUT2D eigenvalue weighted by atomic mass is 9.98. The van der Waals surface area contributed by atoms with Crippen LogP contribution in [0, 0.1) is 12.3 Å². The van der Waals surface area contributed by atoms with Gasteiger partial charge in [-0.25, -0.2) is 9.59 Å². The summed E-state index contributed by atoms with van der Waals surface area (Å²) in [6.45, 7) is 0.0947. The average molecular weight is 458 g/mol. The first-order valence-electron chi connectivity index (χ1n) is 10.5.